The first-order valence-electron chi connectivity index (χ1n) is 7.27. The number of likely N-dealkylation sites (N-methyl/N-ethyl adjacent to an activating group) is 1. The van der Waals surface area contributed by atoms with Gasteiger partial charge in [0.2, 0.25) is 0 Å². The van der Waals surface area contributed by atoms with Crippen LogP contribution in [0.2, 0.25) is 0 Å². The van der Waals surface area contributed by atoms with Gasteiger partial charge in [0.15, 0.2) is 11.6 Å². The van der Waals surface area contributed by atoms with Crippen molar-refractivity contribution < 1.29 is 8.78 Å². The monoisotopic (exact) mass is 293 g/mol. The zero-order valence-electron chi connectivity index (χ0n) is 12.7. The lowest BCUT2D eigenvalue weighted by Crippen LogP contribution is -2.25. The topological polar surface area (TPSA) is 29.9 Å². The van der Waals surface area contributed by atoms with Crippen LogP contribution in [0.1, 0.15) is 36.8 Å². The van der Waals surface area contributed by atoms with E-state index >= 15 is 0 Å². The average Bonchev–Trinajstić information content (AvgIpc) is 2.81. The molecule has 0 aliphatic rings. The number of hydrogen-bond donors (Lipinski definition) is 1. The van der Waals surface area contributed by atoms with E-state index < -0.39 is 11.6 Å². The fourth-order valence-electron chi connectivity index (χ4n) is 2.57. The van der Waals surface area contributed by atoms with Gasteiger partial charge in [-0.25, -0.2) is 8.78 Å². The van der Waals surface area contributed by atoms with Gasteiger partial charge in [0, 0.05) is 30.3 Å². The molecule has 1 unspecified atom stereocenters. The molecule has 0 aliphatic carbocycles. The van der Waals surface area contributed by atoms with E-state index in [1.54, 1.807) is 12.1 Å². The summed E-state index contributed by atoms with van der Waals surface area (Å²) in [4.78, 5) is 0. The summed E-state index contributed by atoms with van der Waals surface area (Å²) in [6.45, 7) is 7.34. The van der Waals surface area contributed by atoms with Gasteiger partial charge in [-0.1, -0.05) is 19.1 Å². The normalized spacial score (nSPS) is 12.6. The van der Waals surface area contributed by atoms with Gasteiger partial charge in [-0.05, 0) is 32.5 Å². The van der Waals surface area contributed by atoms with Gasteiger partial charge >= 0.3 is 0 Å². The Kier molecular flexibility index (Phi) is 5.07. The second-order valence-corrected chi connectivity index (χ2v) is 5.05. The SMILES string of the molecule is CCNC(Cc1cc(C)nn1CC)c1cccc(F)c1F. The number of nitrogens with zero attached hydrogens (tertiary/aromatic N) is 2. The Hall–Kier alpha value is -1.75. The van der Waals surface area contributed by atoms with Gasteiger partial charge in [-0.2, -0.15) is 5.10 Å². The highest BCUT2D eigenvalue weighted by molar-refractivity contribution is 5.25. The van der Waals surface area contributed by atoms with Gasteiger partial charge in [0.05, 0.1) is 5.69 Å². The molecule has 5 heteroatoms. The first kappa shape index (κ1) is 15.6. The van der Waals surface area contributed by atoms with E-state index in [4.69, 9.17) is 0 Å². The molecule has 2 aromatic rings. The molecule has 1 heterocycles. The van der Waals surface area contributed by atoms with Crippen molar-refractivity contribution in [2.45, 2.75) is 39.8 Å². The standard InChI is InChI=1S/C16H21F2N3/c1-4-19-15(13-7-6-8-14(17)16(13)18)10-12-9-11(3)20-21(12)5-2/h6-9,15,19H,4-5,10H2,1-3H3. The summed E-state index contributed by atoms with van der Waals surface area (Å²) in [5.41, 5.74) is 2.31. The third-order valence-corrected chi connectivity index (χ3v) is 3.51. The van der Waals surface area contributed by atoms with Crippen molar-refractivity contribution in [2.75, 3.05) is 6.54 Å². The molecule has 114 valence electrons. The van der Waals surface area contributed by atoms with E-state index in [9.17, 15) is 8.78 Å². The Morgan fingerprint density at radius 2 is 2.05 bits per heavy atom. The number of benzene rings is 1. The Morgan fingerprint density at radius 1 is 1.29 bits per heavy atom. The van der Waals surface area contributed by atoms with Crippen LogP contribution in [-0.2, 0) is 13.0 Å². The third-order valence-electron chi connectivity index (χ3n) is 3.51. The molecule has 0 spiro atoms. The van der Waals surface area contributed by atoms with Crippen molar-refractivity contribution in [2.24, 2.45) is 0 Å². The van der Waals surface area contributed by atoms with Crippen LogP contribution in [0.15, 0.2) is 24.3 Å². The van der Waals surface area contributed by atoms with Crippen LogP contribution in [0, 0.1) is 18.6 Å². The van der Waals surface area contributed by atoms with Gasteiger partial charge in [-0.3, -0.25) is 4.68 Å². The largest absolute Gasteiger partial charge is 0.310 e. The molecule has 0 aliphatic heterocycles. The van der Waals surface area contributed by atoms with E-state index in [0.717, 1.165) is 24.0 Å². The Morgan fingerprint density at radius 3 is 2.71 bits per heavy atom. The molecule has 0 radical (unpaired) electrons. The van der Waals surface area contributed by atoms with Crippen molar-refractivity contribution in [3.8, 4) is 0 Å². The zero-order valence-corrected chi connectivity index (χ0v) is 12.7. The fraction of sp³-hybridized carbons (Fsp3) is 0.438. The number of nitrogens with one attached hydrogen (secondary N) is 1. The molecule has 3 nitrogen and oxygen atoms in total. The minimum atomic E-state index is -0.810. The van der Waals surface area contributed by atoms with Crippen LogP contribution in [-0.4, -0.2) is 16.3 Å². The fourth-order valence-corrected chi connectivity index (χ4v) is 2.57. The van der Waals surface area contributed by atoms with Crippen LogP contribution in [0.25, 0.3) is 0 Å². The van der Waals surface area contributed by atoms with Crippen LogP contribution >= 0.6 is 0 Å². The van der Waals surface area contributed by atoms with Crippen molar-refractivity contribution in [1.82, 2.24) is 15.1 Å². The molecule has 1 aromatic heterocycles. The summed E-state index contributed by atoms with van der Waals surface area (Å²) in [6, 6.07) is 6.03. The molecule has 1 atom stereocenters. The molecule has 0 saturated carbocycles. The van der Waals surface area contributed by atoms with Crippen molar-refractivity contribution in [1.29, 1.82) is 0 Å². The summed E-state index contributed by atoms with van der Waals surface area (Å²) in [6.07, 6.45) is 0.572. The van der Waals surface area contributed by atoms with E-state index in [1.807, 2.05) is 31.5 Å². The second-order valence-electron chi connectivity index (χ2n) is 5.05. The first-order valence-corrected chi connectivity index (χ1v) is 7.27. The molecular weight excluding hydrogens is 272 g/mol. The number of halogens is 2. The van der Waals surface area contributed by atoms with E-state index in [1.165, 1.54) is 0 Å². The summed E-state index contributed by atoms with van der Waals surface area (Å²) in [5.74, 6) is -1.58. The van der Waals surface area contributed by atoms with Gasteiger partial charge in [0.1, 0.15) is 0 Å². The predicted octanol–water partition coefficient (Wildman–Crippen LogP) is 3.38. The molecule has 1 N–H and O–H groups in total. The first-order chi connectivity index (χ1) is 10.1. The minimum absolute atomic E-state index is 0.271. The van der Waals surface area contributed by atoms with Gasteiger partial charge in [-0.15, -0.1) is 0 Å². The van der Waals surface area contributed by atoms with Crippen LogP contribution in [0.3, 0.4) is 0 Å². The van der Waals surface area contributed by atoms with Crippen molar-refractivity contribution >= 4 is 0 Å². The maximum atomic E-state index is 14.0. The summed E-state index contributed by atoms with van der Waals surface area (Å²) < 4.78 is 29.4. The highest BCUT2D eigenvalue weighted by Gasteiger charge is 2.19. The highest BCUT2D eigenvalue weighted by atomic mass is 19.2. The Bertz CT molecular complexity index is 608. The smallest absolute Gasteiger partial charge is 0.163 e. The number of aromatic nitrogens is 2. The van der Waals surface area contributed by atoms with Crippen LogP contribution in [0.5, 0.6) is 0 Å². The quantitative estimate of drug-likeness (QED) is 0.885. The number of rotatable bonds is 6. The highest BCUT2D eigenvalue weighted by Crippen LogP contribution is 2.23. The number of aryl methyl sites for hydroxylation is 2. The van der Waals surface area contributed by atoms with Crippen LogP contribution in [0.4, 0.5) is 8.78 Å². The van der Waals surface area contributed by atoms with Gasteiger partial charge in [0.25, 0.3) is 0 Å². The molecule has 0 bridgehead atoms. The van der Waals surface area contributed by atoms with Crippen molar-refractivity contribution in [3.05, 3.63) is 52.9 Å². The molecule has 0 saturated heterocycles. The van der Waals surface area contributed by atoms with Crippen LogP contribution < -0.4 is 5.32 Å². The maximum absolute atomic E-state index is 14.0. The Balaban J connectivity index is 2.33. The van der Waals surface area contributed by atoms with E-state index in [2.05, 4.69) is 10.4 Å². The van der Waals surface area contributed by atoms with E-state index in [-0.39, 0.29) is 6.04 Å². The lowest BCUT2D eigenvalue weighted by Gasteiger charge is -2.19. The molecule has 1 aromatic carbocycles. The average molecular weight is 293 g/mol. The van der Waals surface area contributed by atoms with E-state index in [0.29, 0.717) is 18.5 Å². The zero-order chi connectivity index (χ0) is 15.4. The lowest BCUT2D eigenvalue weighted by molar-refractivity contribution is 0.456. The maximum Gasteiger partial charge on any atom is 0.163 e. The summed E-state index contributed by atoms with van der Waals surface area (Å²) in [5, 5.41) is 7.63. The van der Waals surface area contributed by atoms with Gasteiger partial charge < -0.3 is 5.32 Å². The number of hydrogen-bond acceptors (Lipinski definition) is 2. The molecule has 21 heavy (non-hydrogen) atoms. The third kappa shape index (κ3) is 3.47. The Labute approximate surface area is 124 Å². The summed E-state index contributed by atoms with van der Waals surface area (Å²) in [7, 11) is 0. The molecular formula is C16H21F2N3. The molecule has 2 rings (SSSR count). The minimum Gasteiger partial charge on any atom is -0.310 e. The second kappa shape index (κ2) is 6.80. The molecule has 0 amide bonds. The predicted molar refractivity (Wildman–Crippen MR) is 79.1 cm³/mol. The lowest BCUT2D eigenvalue weighted by atomic mass is 10.0. The summed E-state index contributed by atoms with van der Waals surface area (Å²) >= 11 is 0. The van der Waals surface area contributed by atoms with Crippen molar-refractivity contribution in [3.63, 3.8) is 0 Å². The molecule has 0 fully saturated rings.